The number of benzene rings is 1. The molecule has 0 spiro atoms. The number of halogens is 1. The van der Waals surface area contributed by atoms with E-state index < -0.39 is 0 Å². The normalized spacial score (nSPS) is 11.9. The van der Waals surface area contributed by atoms with Crippen LogP contribution in [0.15, 0.2) is 54.0 Å². The third kappa shape index (κ3) is 3.73. The molecule has 0 aliphatic heterocycles. The minimum absolute atomic E-state index is 0.0515. The molecular formula is C16H18ClN3O. The third-order valence-corrected chi connectivity index (χ3v) is 3.63. The lowest BCUT2D eigenvalue weighted by atomic mass is 10.0. The van der Waals surface area contributed by atoms with Gasteiger partial charge in [0.15, 0.2) is 0 Å². The lowest BCUT2D eigenvalue weighted by molar-refractivity contribution is 0.687. The van der Waals surface area contributed by atoms with Crippen LogP contribution < -0.4 is 10.9 Å². The van der Waals surface area contributed by atoms with Crippen molar-refractivity contribution in [2.75, 3.05) is 5.32 Å². The molecule has 1 aromatic carbocycles. The molecule has 2 aromatic rings. The standard InChI is InChI=1S/C16H18ClN3O/c1-3-4-10-13(12-8-6-5-7-9-12)19-14-11-18-20(2)16(21)15(14)17/h3,5-9,11,13,19H,1,4,10H2,2H3. The van der Waals surface area contributed by atoms with Crippen LogP contribution in [0.5, 0.6) is 0 Å². The zero-order chi connectivity index (χ0) is 15.2. The van der Waals surface area contributed by atoms with Gasteiger partial charge < -0.3 is 5.32 Å². The SMILES string of the molecule is C=CCCC(Nc1cnn(C)c(=O)c1Cl)c1ccccc1. The van der Waals surface area contributed by atoms with Crippen LogP contribution >= 0.6 is 11.6 Å². The van der Waals surface area contributed by atoms with Crippen molar-refractivity contribution in [1.82, 2.24) is 9.78 Å². The Balaban J connectivity index is 2.29. The summed E-state index contributed by atoms with van der Waals surface area (Å²) in [5, 5.41) is 7.47. The number of aromatic nitrogens is 2. The second-order valence-corrected chi connectivity index (χ2v) is 5.15. The van der Waals surface area contributed by atoms with Crippen LogP contribution in [0.3, 0.4) is 0 Å². The Bertz CT molecular complexity index is 667. The summed E-state index contributed by atoms with van der Waals surface area (Å²) in [7, 11) is 1.57. The van der Waals surface area contributed by atoms with Gasteiger partial charge in [0.05, 0.1) is 17.9 Å². The summed E-state index contributed by atoms with van der Waals surface area (Å²) >= 11 is 6.11. The number of hydrogen-bond acceptors (Lipinski definition) is 3. The van der Waals surface area contributed by atoms with E-state index in [0.29, 0.717) is 5.69 Å². The first-order valence-corrected chi connectivity index (χ1v) is 7.15. The molecule has 0 fully saturated rings. The van der Waals surface area contributed by atoms with Crippen LogP contribution in [0.1, 0.15) is 24.4 Å². The van der Waals surface area contributed by atoms with Gasteiger partial charge in [0.1, 0.15) is 5.02 Å². The average Bonchev–Trinajstić information content (AvgIpc) is 2.52. The lowest BCUT2D eigenvalue weighted by Crippen LogP contribution is -2.22. The number of anilines is 1. The Morgan fingerprint density at radius 2 is 2.14 bits per heavy atom. The number of nitrogens with zero attached hydrogens (tertiary/aromatic N) is 2. The molecule has 0 saturated heterocycles. The average molecular weight is 304 g/mol. The molecule has 1 heterocycles. The molecule has 1 atom stereocenters. The van der Waals surface area contributed by atoms with Crippen molar-refractivity contribution >= 4 is 17.3 Å². The predicted octanol–water partition coefficient (Wildman–Crippen LogP) is 3.55. The van der Waals surface area contributed by atoms with Crippen molar-refractivity contribution in [2.45, 2.75) is 18.9 Å². The number of allylic oxidation sites excluding steroid dienone is 1. The summed E-state index contributed by atoms with van der Waals surface area (Å²) in [6.45, 7) is 3.76. The van der Waals surface area contributed by atoms with Crippen LogP contribution in [0, 0.1) is 0 Å². The van der Waals surface area contributed by atoms with E-state index >= 15 is 0 Å². The van der Waals surface area contributed by atoms with Gasteiger partial charge in [-0.25, -0.2) is 4.68 Å². The van der Waals surface area contributed by atoms with Gasteiger partial charge >= 0.3 is 0 Å². The smallest absolute Gasteiger partial charge is 0.287 e. The maximum absolute atomic E-state index is 11.8. The van der Waals surface area contributed by atoms with Crippen molar-refractivity contribution in [3.05, 3.63) is 70.1 Å². The molecule has 110 valence electrons. The summed E-state index contributed by atoms with van der Waals surface area (Å²) in [5.74, 6) is 0. The van der Waals surface area contributed by atoms with E-state index in [9.17, 15) is 4.79 Å². The third-order valence-electron chi connectivity index (χ3n) is 3.27. The van der Waals surface area contributed by atoms with Gasteiger partial charge in [0, 0.05) is 7.05 Å². The lowest BCUT2D eigenvalue weighted by Gasteiger charge is -2.20. The fourth-order valence-electron chi connectivity index (χ4n) is 2.09. The van der Waals surface area contributed by atoms with Crippen LogP contribution in [0.4, 0.5) is 5.69 Å². The van der Waals surface area contributed by atoms with E-state index in [1.165, 1.54) is 4.68 Å². The fourth-order valence-corrected chi connectivity index (χ4v) is 2.32. The van der Waals surface area contributed by atoms with Gasteiger partial charge in [-0.2, -0.15) is 5.10 Å². The van der Waals surface area contributed by atoms with E-state index in [1.807, 2.05) is 36.4 Å². The second-order valence-electron chi connectivity index (χ2n) is 4.77. The first-order valence-electron chi connectivity index (χ1n) is 6.77. The Labute approximate surface area is 129 Å². The molecule has 1 unspecified atom stereocenters. The highest BCUT2D eigenvalue weighted by atomic mass is 35.5. The Morgan fingerprint density at radius 3 is 2.81 bits per heavy atom. The Hall–Kier alpha value is -2.07. The summed E-state index contributed by atoms with van der Waals surface area (Å²) < 4.78 is 1.22. The van der Waals surface area contributed by atoms with Crippen LogP contribution in [0.25, 0.3) is 0 Å². The molecule has 4 nitrogen and oxygen atoms in total. The summed E-state index contributed by atoms with van der Waals surface area (Å²) in [6.07, 6.45) is 5.18. The highest BCUT2D eigenvalue weighted by Gasteiger charge is 2.14. The van der Waals surface area contributed by atoms with Gasteiger partial charge in [-0.1, -0.05) is 48.0 Å². The first kappa shape index (κ1) is 15.3. The molecule has 1 N–H and O–H groups in total. The van der Waals surface area contributed by atoms with Crippen molar-refractivity contribution in [2.24, 2.45) is 7.05 Å². The van der Waals surface area contributed by atoms with Crippen LogP contribution in [-0.4, -0.2) is 9.78 Å². The van der Waals surface area contributed by atoms with Crippen molar-refractivity contribution in [1.29, 1.82) is 0 Å². The van der Waals surface area contributed by atoms with E-state index in [2.05, 4.69) is 17.0 Å². The number of aryl methyl sites for hydroxylation is 1. The van der Waals surface area contributed by atoms with Crippen molar-refractivity contribution < 1.29 is 0 Å². The van der Waals surface area contributed by atoms with Gasteiger partial charge in [-0.05, 0) is 18.4 Å². The zero-order valence-electron chi connectivity index (χ0n) is 11.9. The van der Waals surface area contributed by atoms with Crippen LogP contribution in [0.2, 0.25) is 5.02 Å². The molecule has 1 aromatic heterocycles. The topological polar surface area (TPSA) is 46.9 Å². The maximum Gasteiger partial charge on any atom is 0.287 e. The molecule has 0 saturated carbocycles. The van der Waals surface area contributed by atoms with E-state index in [4.69, 9.17) is 11.6 Å². The number of nitrogens with one attached hydrogen (secondary N) is 1. The molecule has 0 aliphatic carbocycles. The van der Waals surface area contributed by atoms with Crippen molar-refractivity contribution in [3.8, 4) is 0 Å². The van der Waals surface area contributed by atoms with Gasteiger partial charge in [0.25, 0.3) is 5.56 Å². The minimum Gasteiger partial charge on any atom is -0.376 e. The molecule has 0 bridgehead atoms. The van der Waals surface area contributed by atoms with E-state index in [-0.39, 0.29) is 16.6 Å². The quantitative estimate of drug-likeness (QED) is 0.830. The largest absolute Gasteiger partial charge is 0.376 e. The molecule has 0 aliphatic rings. The van der Waals surface area contributed by atoms with E-state index in [0.717, 1.165) is 18.4 Å². The minimum atomic E-state index is -0.308. The number of rotatable bonds is 6. The Kier molecular flexibility index (Phi) is 5.17. The van der Waals surface area contributed by atoms with Gasteiger partial charge in [-0.15, -0.1) is 6.58 Å². The van der Waals surface area contributed by atoms with Crippen LogP contribution in [-0.2, 0) is 7.05 Å². The Morgan fingerprint density at radius 1 is 1.43 bits per heavy atom. The molecule has 5 heteroatoms. The molecule has 21 heavy (non-hydrogen) atoms. The first-order chi connectivity index (χ1) is 10.1. The maximum atomic E-state index is 11.8. The van der Waals surface area contributed by atoms with E-state index in [1.54, 1.807) is 13.2 Å². The highest BCUT2D eigenvalue weighted by molar-refractivity contribution is 6.32. The second kappa shape index (κ2) is 7.09. The summed E-state index contributed by atoms with van der Waals surface area (Å²) in [4.78, 5) is 11.8. The zero-order valence-corrected chi connectivity index (χ0v) is 12.7. The van der Waals surface area contributed by atoms with Crippen molar-refractivity contribution in [3.63, 3.8) is 0 Å². The molecular weight excluding hydrogens is 286 g/mol. The predicted molar refractivity (Wildman–Crippen MR) is 86.7 cm³/mol. The van der Waals surface area contributed by atoms with Gasteiger partial charge in [0.2, 0.25) is 0 Å². The molecule has 0 radical (unpaired) electrons. The van der Waals surface area contributed by atoms with Gasteiger partial charge in [-0.3, -0.25) is 4.79 Å². The molecule has 2 rings (SSSR count). The summed E-state index contributed by atoms with van der Waals surface area (Å²) in [6, 6.07) is 10.1. The fraction of sp³-hybridized carbons (Fsp3) is 0.250. The molecule has 0 amide bonds. The monoisotopic (exact) mass is 303 g/mol. The summed E-state index contributed by atoms with van der Waals surface area (Å²) in [5.41, 5.74) is 1.38. The number of hydrogen-bond donors (Lipinski definition) is 1. The highest BCUT2D eigenvalue weighted by Crippen LogP contribution is 2.26.